The van der Waals surface area contributed by atoms with Gasteiger partial charge in [0.05, 0.1) is 6.61 Å². The molecule has 0 aliphatic heterocycles. The van der Waals surface area contributed by atoms with Crippen LogP contribution in [-0.4, -0.2) is 18.8 Å². The zero-order chi connectivity index (χ0) is 12.6. The monoisotopic (exact) mass is 241 g/mol. The molecule has 0 heterocycles. The lowest BCUT2D eigenvalue weighted by atomic mass is 9.89. The second kappa shape index (κ2) is 4.38. The summed E-state index contributed by atoms with van der Waals surface area (Å²) in [6.45, 7) is 0.269. The molecular formula is C16H19NO. The summed E-state index contributed by atoms with van der Waals surface area (Å²) in [5.41, 5.74) is 1.35. The molecule has 1 fully saturated rings. The van der Waals surface area contributed by atoms with Crippen LogP contribution in [0.15, 0.2) is 42.5 Å². The first-order valence-corrected chi connectivity index (χ1v) is 6.56. The van der Waals surface area contributed by atoms with Gasteiger partial charge in [-0.25, -0.2) is 0 Å². The predicted molar refractivity (Wildman–Crippen MR) is 74.5 cm³/mol. The second-order valence-corrected chi connectivity index (χ2v) is 5.35. The fraction of sp³-hybridized carbons (Fsp3) is 0.375. The molecule has 0 spiro atoms. The Kier molecular flexibility index (Phi) is 2.84. The largest absolute Gasteiger partial charge is 0.396 e. The van der Waals surface area contributed by atoms with Gasteiger partial charge in [-0.15, -0.1) is 0 Å². The number of aliphatic hydroxyl groups is 1. The van der Waals surface area contributed by atoms with Crippen molar-refractivity contribution in [2.24, 2.45) is 5.41 Å². The first-order valence-electron chi connectivity index (χ1n) is 6.56. The molecule has 0 aromatic heterocycles. The molecule has 0 bridgehead atoms. The summed E-state index contributed by atoms with van der Waals surface area (Å²) in [7, 11) is 1.98. The van der Waals surface area contributed by atoms with Crippen molar-refractivity contribution in [2.45, 2.75) is 18.9 Å². The topological polar surface area (TPSA) is 32.3 Å². The van der Waals surface area contributed by atoms with Crippen LogP contribution < -0.4 is 5.32 Å². The highest BCUT2D eigenvalue weighted by Crippen LogP contribution is 2.54. The Morgan fingerprint density at radius 1 is 1.17 bits per heavy atom. The summed E-state index contributed by atoms with van der Waals surface area (Å²) in [5, 5.41) is 15.5. The van der Waals surface area contributed by atoms with Crippen LogP contribution in [0.25, 0.3) is 10.8 Å². The number of fused-ring (bicyclic) bond motifs is 1. The van der Waals surface area contributed by atoms with Crippen molar-refractivity contribution in [2.75, 3.05) is 13.7 Å². The molecule has 1 aliphatic carbocycles. The summed E-state index contributed by atoms with van der Waals surface area (Å²) in [6, 6.07) is 15.3. The Bertz CT molecular complexity index is 560. The van der Waals surface area contributed by atoms with Crippen LogP contribution in [-0.2, 0) is 0 Å². The first-order chi connectivity index (χ1) is 8.79. The minimum absolute atomic E-state index is 0.0667. The molecular weight excluding hydrogens is 222 g/mol. The Hall–Kier alpha value is -1.38. The van der Waals surface area contributed by atoms with Gasteiger partial charge in [-0.1, -0.05) is 36.4 Å². The molecule has 18 heavy (non-hydrogen) atoms. The quantitative estimate of drug-likeness (QED) is 0.862. The number of aliphatic hydroxyl groups excluding tert-OH is 1. The van der Waals surface area contributed by atoms with E-state index >= 15 is 0 Å². The molecule has 2 aromatic carbocycles. The SMILES string of the molecule is CNC(c1ccc2ccccc2c1)C1(CO)CC1. The number of benzene rings is 2. The van der Waals surface area contributed by atoms with E-state index in [2.05, 4.69) is 47.8 Å². The lowest BCUT2D eigenvalue weighted by Gasteiger charge is -2.25. The molecule has 94 valence electrons. The summed E-state index contributed by atoms with van der Waals surface area (Å²) in [4.78, 5) is 0. The molecule has 1 atom stereocenters. The molecule has 0 radical (unpaired) electrons. The minimum atomic E-state index is 0.0667. The van der Waals surface area contributed by atoms with Gasteiger partial charge in [0.1, 0.15) is 0 Å². The van der Waals surface area contributed by atoms with Gasteiger partial charge in [0, 0.05) is 11.5 Å². The van der Waals surface area contributed by atoms with Gasteiger partial charge in [0.2, 0.25) is 0 Å². The maximum atomic E-state index is 9.59. The Morgan fingerprint density at radius 3 is 2.50 bits per heavy atom. The van der Waals surface area contributed by atoms with Crippen LogP contribution in [0.1, 0.15) is 24.4 Å². The first kappa shape index (κ1) is 11.7. The van der Waals surface area contributed by atoms with Crippen LogP contribution in [0.2, 0.25) is 0 Å². The van der Waals surface area contributed by atoms with E-state index in [1.807, 2.05) is 7.05 Å². The van der Waals surface area contributed by atoms with Crippen LogP contribution in [0.4, 0.5) is 0 Å². The van der Waals surface area contributed by atoms with E-state index in [0.717, 1.165) is 12.8 Å². The second-order valence-electron chi connectivity index (χ2n) is 5.35. The highest BCUT2D eigenvalue weighted by atomic mass is 16.3. The van der Waals surface area contributed by atoms with E-state index in [-0.39, 0.29) is 18.1 Å². The van der Waals surface area contributed by atoms with Gasteiger partial charge in [-0.3, -0.25) is 0 Å². The summed E-state index contributed by atoms with van der Waals surface area (Å²) < 4.78 is 0. The maximum Gasteiger partial charge on any atom is 0.0505 e. The van der Waals surface area contributed by atoms with Crippen LogP contribution >= 0.6 is 0 Å². The van der Waals surface area contributed by atoms with E-state index in [4.69, 9.17) is 0 Å². The Labute approximate surface area is 108 Å². The molecule has 2 nitrogen and oxygen atoms in total. The number of nitrogens with one attached hydrogen (secondary N) is 1. The smallest absolute Gasteiger partial charge is 0.0505 e. The highest BCUT2D eigenvalue weighted by molar-refractivity contribution is 5.83. The summed E-state index contributed by atoms with van der Waals surface area (Å²) in [6.07, 6.45) is 2.23. The van der Waals surface area contributed by atoms with E-state index in [9.17, 15) is 5.11 Å². The van der Waals surface area contributed by atoms with Gasteiger partial charge in [-0.05, 0) is 42.3 Å². The van der Waals surface area contributed by atoms with Gasteiger partial charge in [0.25, 0.3) is 0 Å². The minimum Gasteiger partial charge on any atom is -0.396 e. The van der Waals surface area contributed by atoms with Crippen LogP contribution in [0.3, 0.4) is 0 Å². The van der Waals surface area contributed by atoms with Crippen molar-refractivity contribution in [3.8, 4) is 0 Å². The number of rotatable bonds is 4. The fourth-order valence-corrected chi connectivity index (χ4v) is 2.91. The lowest BCUT2D eigenvalue weighted by Crippen LogP contribution is -2.29. The summed E-state index contributed by atoms with van der Waals surface area (Å²) in [5.74, 6) is 0. The van der Waals surface area contributed by atoms with E-state index < -0.39 is 0 Å². The van der Waals surface area contributed by atoms with Crippen molar-refractivity contribution in [1.29, 1.82) is 0 Å². The normalized spacial score (nSPS) is 18.8. The molecule has 0 saturated heterocycles. The molecule has 0 amide bonds. The summed E-state index contributed by atoms with van der Waals surface area (Å²) >= 11 is 0. The standard InChI is InChI=1S/C16H19NO/c1-17-15(16(11-18)8-9-16)14-7-6-12-4-2-3-5-13(12)10-14/h2-7,10,15,17-18H,8-9,11H2,1H3. The molecule has 2 N–H and O–H groups in total. The van der Waals surface area contributed by atoms with E-state index in [1.165, 1.54) is 16.3 Å². The Morgan fingerprint density at radius 2 is 1.89 bits per heavy atom. The maximum absolute atomic E-state index is 9.59. The van der Waals surface area contributed by atoms with E-state index in [0.29, 0.717) is 0 Å². The number of hydrogen-bond acceptors (Lipinski definition) is 2. The molecule has 1 aliphatic rings. The molecule has 1 unspecified atom stereocenters. The average Bonchev–Trinajstić information content (AvgIpc) is 3.20. The molecule has 1 saturated carbocycles. The van der Waals surface area contributed by atoms with E-state index in [1.54, 1.807) is 0 Å². The fourth-order valence-electron chi connectivity index (χ4n) is 2.91. The molecule has 3 rings (SSSR count). The van der Waals surface area contributed by atoms with Gasteiger partial charge >= 0.3 is 0 Å². The highest BCUT2D eigenvalue weighted by Gasteiger charge is 2.48. The Balaban J connectivity index is 2.02. The van der Waals surface area contributed by atoms with Crippen LogP contribution in [0, 0.1) is 5.41 Å². The zero-order valence-electron chi connectivity index (χ0n) is 10.7. The third kappa shape index (κ3) is 1.82. The van der Waals surface area contributed by atoms with Crippen molar-refractivity contribution in [3.05, 3.63) is 48.0 Å². The molecule has 2 heteroatoms. The van der Waals surface area contributed by atoms with Crippen molar-refractivity contribution < 1.29 is 5.11 Å². The van der Waals surface area contributed by atoms with Crippen molar-refractivity contribution in [1.82, 2.24) is 5.32 Å². The zero-order valence-corrected chi connectivity index (χ0v) is 10.7. The predicted octanol–water partition coefficient (Wildman–Crippen LogP) is 2.87. The van der Waals surface area contributed by atoms with Crippen molar-refractivity contribution in [3.63, 3.8) is 0 Å². The third-order valence-electron chi connectivity index (χ3n) is 4.22. The number of hydrogen-bond donors (Lipinski definition) is 2. The molecule has 2 aromatic rings. The van der Waals surface area contributed by atoms with Gasteiger partial charge < -0.3 is 10.4 Å². The average molecular weight is 241 g/mol. The van der Waals surface area contributed by atoms with Gasteiger partial charge in [-0.2, -0.15) is 0 Å². The lowest BCUT2D eigenvalue weighted by molar-refractivity contribution is 0.175. The van der Waals surface area contributed by atoms with Gasteiger partial charge in [0.15, 0.2) is 0 Å². The van der Waals surface area contributed by atoms with Crippen molar-refractivity contribution >= 4 is 10.8 Å². The van der Waals surface area contributed by atoms with Crippen LogP contribution in [0.5, 0.6) is 0 Å². The third-order valence-corrected chi connectivity index (χ3v) is 4.22.